The van der Waals surface area contributed by atoms with Gasteiger partial charge in [-0.1, -0.05) is 57.8 Å². The zero-order chi connectivity index (χ0) is 26.2. The minimum Gasteiger partial charge on any atom is -0.456 e. The number of unbranched alkanes of at least 4 members (excludes halogenated alkanes) is 7. The summed E-state index contributed by atoms with van der Waals surface area (Å²) in [5.41, 5.74) is 0. The number of hydrogen-bond acceptors (Lipinski definition) is 6. The Labute approximate surface area is 208 Å². The van der Waals surface area contributed by atoms with Crippen molar-refractivity contribution >= 4 is 19.8 Å². The van der Waals surface area contributed by atoms with Crippen molar-refractivity contribution in [3.63, 3.8) is 0 Å². The van der Waals surface area contributed by atoms with Crippen LogP contribution in [0.3, 0.4) is 0 Å². The topological polar surface area (TPSA) is 119 Å². The van der Waals surface area contributed by atoms with Crippen molar-refractivity contribution in [2.24, 2.45) is 0 Å². The van der Waals surface area contributed by atoms with Crippen LogP contribution in [0.15, 0.2) is 0 Å². The van der Waals surface area contributed by atoms with Crippen LogP contribution in [0.5, 0.6) is 0 Å². The maximum absolute atomic E-state index is 12.1. The lowest BCUT2D eigenvalue weighted by Gasteiger charge is -2.17. The van der Waals surface area contributed by atoms with Crippen LogP contribution in [0.25, 0.3) is 0 Å². The number of hydrogen-bond donors (Lipinski definition) is 2. The number of esters is 2. The molecule has 1 atom stereocenters. The fraction of sp³-hybridized carbons (Fsp3) is 0.538. The van der Waals surface area contributed by atoms with Crippen LogP contribution in [0.2, 0.25) is 0 Å². The van der Waals surface area contributed by atoms with Crippen molar-refractivity contribution in [3.05, 3.63) is 0 Å². The Hall–Kier alpha value is -3.15. The highest BCUT2D eigenvalue weighted by atomic mass is 31.2. The van der Waals surface area contributed by atoms with Crippen molar-refractivity contribution in [1.82, 2.24) is 0 Å². The highest BCUT2D eigenvalue weighted by Crippen LogP contribution is 2.35. The van der Waals surface area contributed by atoms with Crippen molar-refractivity contribution in [2.45, 2.75) is 77.7 Å². The van der Waals surface area contributed by atoms with E-state index in [1.807, 2.05) is 0 Å². The summed E-state index contributed by atoms with van der Waals surface area (Å²) >= 11 is 0. The second-order valence-electron chi connectivity index (χ2n) is 7.10. The highest BCUT2D eigenvalue weighted by molar-refractivity contribution is 7.46. The lowest BCUT2D eigenvalue weighted by atomic mass is 10.1. The third kappa shape index (κ3) is 23.8. The van der Waals surface area contributed by atoms with E-state index in [0.717, 1.165) is 19.3 Å². The van der Waals surface area contributed by atoms with E-state index in [9.17, 15) is 14.2 Å². The molecule has 0 aromatic heterocycles. The minimum absolute atomic E-state index is 0.140. The SMILES string of the molecule is CC#CC#CC#CC#CC#CC(=O)OC[C@H](COP(=O)(O)O)OC(=O)CCCCCCCCCC. The lowest BCUT2D eigenvalue weighted by molar-refractivity contribution is -0.158. The van der Waals surface area contributed by atoms with Crippen molar-refractivity contribution in [1.29, 1.82) is 0 Å². The molecule has 188 valence electrons. The Balaban J connectivity index is 4.55. The van der Waals surface area contributed by atoms with Gasteiger partial charge in [0.2, 0.25) is 0 Å². The molecule has 9 heteroatoms. The van der Waals surface area contributed by atoms with E-state index in [1.165, 1.54) is 25.7 Å². The molecule has 0 aliphatic heterocycles. The van der Waals surface area contributed by atoms with E-state index >= 15 is 0 Å². The minimum atomic E-state index is -4.80. The second kappa shape index (κ2) is 21.4. The number of phosphoric acid groups is 1. The Morgan fingerprint density at radius 1 is 0.800 bits per heavy atom. The van der Waals surface area contributed by atoms with Gasteiger partial charge in [0.25, 0.3) is 0 Å². The van der Waals surface area contributed by atoms with Gasteiger partial charge in [-0.3, -0.25) is 9.32 Å². The summed E-state index contributed by atoms with van der Waals surface area (Å²) < 4.78 is 25.4. The predicted octanol–water partition coefficient (Wildman–Crippen LogP) is 3.12. The first kappa shape index (κ1) is 31.8. The molecule has 0 aliphatic carbocycles. The quantitative estimate of drug-likeness (QED) is 0.115. The Morgan fingerprint density at radius 3 is 1.91 bits per heavy atom. The average Bonchev–Trinajstić information content (AvgIpc) is 2.81. The molecule has 0 fully saturated rings. The molecule has 0 saturated heterocycles. The third-order valence-corrected chi connectivity index (χ3v) is 4.57. The monoisotopic (exact) mass is 502 g/mol. The molecule has 0 aromatic carbocycles. The molecular weight excluding hydrogens is 471 g/mol. The average molecular weight is 503 g/mol. The molecule has 35 heavy (non-hydrogen) atoms. The maximum Gasteiger partial charge on any atom is 0.469 e. The Kier molecular flexibility index (Phi) is 19.5. The first-order valence-corrected chi connectivity index (χ1v) is 12.8. The summed E-state index contributed by atoms with van der Waals surface area (Å²) in [7, 11) is -4.80. The van der Waals surface area contributed by atoms with Crippen LogP contribution in [0.1, 0.15) is 71.6 Å². The standard InChI is InChI=1S/C26H31O8P/c1-3-5-7-9-11-13-15-16-18-20-25(27)32-22-24(23-33-35(29,30)31)34-26(28)21-19-17-14-12-10-8-6-4-2/h24H,4,6,8,10,12,14,17,19,21-23H2,1-2H3,(H2,29,30,31)/t24-/m1/s1. The molecule has 0 unspecified atom stereocenters. The normalized spacial score (nSPS) is 10.2. The summed E-state index contributed by atoms with van der Waals surface area (Å²) in [6.07, 6.45) is 7.40. The molecule has 0 aromatic rings. The Bertz CT molecular complexity index is 1020. The first-order chi connectivity index (χ1) is 16.8. The molecule has 0 saturated carbocycles. The number of carbonyl (C=O) groups excluding carboxylic acids is 2. The van der Waals surface area contributed by atoms with Crippen molar-refractivity contribution in [3.8, 4) is 59.2 Å². The molecule has 0 aliphatic rings. The third-order valence-electron chi connectivity index (χ3n) is 4.09. The van der Waals surface area contributed by atoms with Gasteiger partial charge in [0.15, 0.2) is 6.10 Å². The number of phosphoric ester groups is 1. The molecular formula is C26H31O8P. The van der Waals surface area contributed by atoms with Crippen LogP contribution in [0.4, 0.5) is 0 Å². The molecule has 8 nitrogen and oxygen atoms in total. The van der Waals surface area contributed by atoms with Gasteiger partial charge < -0.3 is 19.3 Å². The number of carbonyl (C=O) groups is 2. The smallest absolute Gasteiger partial charge is 0.456 e. The van der Waals surface area contributed by atoms with Gasteiger partial charge in [-0.15, -0.1) is 0 Å². The summed E-state index contributed by atoms with van der Waals surface area (Å²) in [4.78, 5) is 41.5. The van der Waals surface area contributed by atoms with E-state index in [0.29, 0.717) is 6.42 Å². The van der Waals surface area contributed by atoms with E-state index in [1.54, 1.807) is 6.92 Å². The van der Waals surface area contributed by atoms with Crippen LogP contribution in [-0.4, -0.2) is 41.0 Å². The molecule has 0 spiro atoms. The van der Waals surface area contributed by atoms with E-state index < -0.39 is 39.1 Å². The Morgan fingerprint density at radius 2 is 1.34 bits per heavy atom. The number of ether oxygens (including phenoxy) is 2. The van der Waals surface area contributed by atoms with Gasteiger partial charge in [0.05, 0.1) is 6.61 Å². The van der Waals surface area contributed by atoms with Gasteiger partial charge in [-0.2, -0.15) is 0 Å². The summed E-state index contributed by atoms with van der Waals surface area (Å²) in [6, 6.07) is 0. The van der Waals surface area contributed by atoms with Gasteiger partial charge in [0, 0.05) is 12.3 Å². The van der Waals surface area contributed by atoms with Gasteiger partial charge in [-0.05, 0) is 60.7 Å². The maximum atomic E-state index is 12.1. The molecule has 0 heterocycles. The van der Waals surface area contributed by atoms with Crippen LogP contribution in [0, 0.1) is 59.2 Å². The zero-order valence-electron chi connectivity index (χ0n) is 20.1. The van der Waals surface area contributed by atoms with Crippen LogP contribution < -0.4 is 0 Å². The molecule has 0 bridgehead atoms. The van der Waals surface area contributed by atoms with E-state index in [-0.39, 0.29) is 6.42 Å². The van der Waals surface area contributed by atoms with E-state index in [2.05, 4.69) is 70.7 Å². The molecule has 2 N–H and O–H groups in total. The molecule has 0 radical (unpaired) electrons. The predicted molar refractivity (Wildman–Crippen MR) is 131 cm³/mol. The van der Waals surface area contributed by atoms with E-state index in [4.69, 9.17) is 19.3 Å². The van der Waals surface area contributed by atoms with Gasteiger partial charge in [0.1, 0.15) is 6.61 Å². The summed E-state index contributed by atoms with van der Waals surface area (Å²) in [5, 5.41) is 0. The van der Waals surface area contributed by atoms with Crippen molar-refractivity contribution < 1.29 is 37.9 Å². The first-order valence-electron chi connectivity index (χ1n) is 11.3. The fourth-order valence-electron chi connectivity index (χ4n) is 2.48. The molecule has 0 amide bonds. The van der Waals surface area contributed by atoms with Crippen molar-refractivity contribution in [2.75, 3.05) is 13.2 Å². The van der Waals surface area contributed by atoms with Crippen LogP contribution in [-0.2, 0) is 28.2 Å². The second-order valence-corrected chi connectivity index (χ2v) is 8.34. The summed E-state index contributed by atoms with van der Waals surface area (Å²) in [5.74, 6) is 22.3. The fourth-order valence-corrected chi connectivity index (χ4v) is 2.84. The summed E-state index contributed by atoms with van der Waals surface area (Å²) in [6.45, 7) is 2.67. The highest BCUT2D eigenvalue weighted by Gasteiger charge is 2.22. The largest absolute Gasteiger partial charge is 0.469 e. The molecule has 0 rings (SSSR count). The van der Waals surface area contributed by atoms with Gasteiger partial charge in [-0.25, -0.2) is 9.36 Å². The number of rotatable bonds is 15. The lowest BCUT2D eigenvalue weighted by Crippen LogP contribution is -2.29. The zero-order valence-corrected chi connectivity index (χ0v) is 21.0. The van der Waals surface area contributed by atoms with Crippen LogP contribution >= 0.6 is 7.82 Å². The van der Waals surface area contributed by atoms with Gasteiger partial charge >= 0.3 is 19.8 Å².